The molecule has 4 aliphatic rings. The summed E-state index contributed by atoms with van der Waals surface area (Å²) in [5.41, 5.74) is -6.49. The monoisotopic (exact) mass is 642 g/mol. The zero-order chi connectivity index (χ0) is 34.0. The Kier molecular flexibility index (Phi) is 8.49. The average molecular weight is 643 g/mol. The predicted molar refractivity (Wildman–Crippen MR) is 159 cm³/mol. The Morgan fingerprint density at radius 3 is 2.20 bits per heavy atom. The van der Waals surface area contributed by atoms with Gasteiger partial charge < -0.3 is 33.9 Å². The van der Waals surface area contributed by atoms with Gasteiger partial charge in [0.15, 0.2) is 17.5 Å². The van der Waals surface area contributed by atoms with Gasteiger partial charge in [0.2, 0.25) is 0 Å². The number of ketones is 1. The van der Waals surface area contributed by atoms with Crippen LogP contribution in [-0.4, -0.2) is 88.2 Å². The molecule has 3 aliphatic carbocycles. The molecule has 2 bridgehead atoms. The molecule has 3 fully saturated rings. The summed E-state index contributed by atoms with van der Waals surface area (Å²) in [5, 5.41) is 25.0. The molecule has 1 heterocycles. The van der Waals surface area contributed by atoms with Gasteiger partial charge in [0.1, 0.15) is 23.9 Å². The molecule has 1 aliphatic heterocycles. The highest BCUT2D eigenvalue weighted by Crippen LogP contribution is 2.64. The zero-order valence-corrected chi connectivity index (χ0v) is 27.2. The Bertz CT molecular complexity index is 1480. The number of ether oxygens (including phenoxy) is 5. The maximum Gasteiger partial charge on any atom is 0.338 e. The fourth-order valence-electron chi connectivity index (χ4n) is 8.26. The van der Waals surface area contributed by atoms with E-state index < -0.39 is 88.1 Å². The molecule has 0 spiro atoms. The molecule has 250 valence electrons. The zero-order valence-electron chi connectivity index (χ0n) is 27.2. The molecule has 5 rings (SSSR count). The molecule has 2 N–H and O–H groups in total. The first kappa shape index (κ1) is 33.7. The second-order valence-corrected chi connectivity index (χ2v) is 13.6. The van der Waals surface area contributed by atoms with Gasteiger partial charge in [0.05, 0.1) is 29.6 Å². The largest absolute Gasteiger partial charge is 0.458 e. The minimum absolute atomic E-state index is 0.0150. The van der Waals surface area contributed by atoms with Crippen molar-refractivity contribution < 1.29 is 57.9 Å². The maximum atomic E-state index is 15.0. The lowest BCUT2D eigenvalue weighted by Crippen LogP contribution is -2.82. The van der Waals surface area contributed by atoms with Gasteiger partial charge in [-0.1, -0.05) is 39.0 Å². The molecular weight excluding hydrogens is 600 g/mol. The van der Waals surface area contributed by atoms with Crippen LogP contribution in [0.15, 0.2) is 41.5 Å². The number of hydrogen-bond donors (Lipinski definition) is 2. The van der Waals surface area contributed by atoms with Crippen molar-refractivity contribution in [2.75, 3.05) is 6.61 Å². The second kappa shape index (κ2) is 11.6. The second-order valence-electron chi connectivity index (χ2n) is 13.6. The third kappa shape index (κ3) is 4.87. The summed E-state index contributed by atoms with van der Waals surface area (Å²) in [6.45, 7) is 10.1. The van der Waals surface area contributed by atoms with Crippen molar-refractivity contribution in [3.05, 3.63) is 47.0 Å². The molecule has 0 aromatic heterocycles. The van der Waals surface area contributed by atoms with Gasteiger partial charge in [0.25, 0.3) is 0 Å². The Hall–Kier alpha value is -3.61. The molecule has 1 saturated heterocycles. The normalized spacial score (nSPS) is 37.7. The summed E-state index contributed by atoms with van der Waals surface area (Å²) in [4.78, 5) is 66.9. The van der Waals surface area contributed by atoms with Crippen molar-refractivity contribution in [3.63, 3.8) is 0 Å². The number of Topliss-reactive ketones (excluding diaryl/α,β-unsaturated/α-hetero) is 1. The third-order valence-corrected chi connectivity index (χ3v) is 10.7. The lowest BCUT2D eigenvalue weighted by Gasteiger charge is -2.67. The molecule has 46 heavy (non-hydrogen) atoms. The maximum absolute atomic E-state index is 15.0. The summed E-state index contributed by atoms with van der Waals surface area (Å²) >= 11 is 0. The molecule has 12 nitrogen and oxygen atoms in total. The van der Waals surface area contributed by atoms with Crippen LogP contribution in [0, 0.1) is 16.7 Å². The highest BCUT2D eigenvalue weighted by molar-refractivity contribution is 5.95. The lowest BCUT2D eigenvalue weighted by atomic mass is 9.44. The number of esters is 4. The van der Waals surface area contributed by atoms with E-state index >= 15 is 4.79 Å². The number of hydrogen-bond acceptors (Lipinski definition) is 12. The Labute approximate surface area is 267 Å². The average Bonchev–Trinajstić information content (AvgIpc) is 2.98. The summed E-state index contributed by atoms with van der Waals surface area (Å²) < 4.78 is 29.6. The number of aliphatic hydroxyl groups excluding tert-OH is 1. The van der Waals surface area contributed by atoms with Crippen LogP contribution in [0.4, 0.5) is 0 Å². The van der Waals surface area contributed by atoms with E-state index in [-0.39, 0.29) is 37.0 Å². The van der Waals surface area contributed by atoms with E-state index in [4.69, 9.17) is 23.7 Å². The van der Waals surface area contributed by atoms with Crippen molar-refractivity contribution >= 4 is 29.7 Å². The quantitative estimate of drug-likeness (QED) is 0.264. The molecule has 1 aromatic rings. The molecule has 2 saturated carbocycles. The molecule has 9 atom stereocenters. The van der Waals surface area contributed by atoms with E-state index in [9.17, 15) is 29.4 Å². The molecular formula is C34H42O12. The Morgan fingerprint density at radius 1 is 1.00 bits per heavy atom. The minimum atomic E-state index is -2.15. The molecule has 12 heteroatoms. The molecule has 1 aromatic carbocycles. The third-order valence-electron chi connectivity index (χ3n) is 10.7. The van der Waals surface area contributed by atoms with Gasteiger partial charge in [-0.05, 0) is 37.1 Å². The van der Waals surface area contributed by atoms with E-state index in [1.165, 1.54) is 26.0 Å². The van der Waals surface area contributed by atoms with Gasteiger partial charge in [0, 0.05) is 38.5 Å². The summed E-state index contributed by atoms with van der Waals surface area (Å²) in [7, 11) is 0. The fourth-order valence-corrected chi connectivity index (χ4v) is 8.26. The van der Waals surface area contributed by atoms with Gasteiger partial charge in [-0.2, -0.15) is 0 Å². The Morgan fingerprint density at radius 2 is 1.65 bits per heavy atom. The highest BCUT2D eigenvalue weighted by atomic mass is 16.6. The van der Waals surface area contributed by atoms with Gasteiger partial charge >= 0.3 is 23.9 Å². The number of rotatable bonds is 6. The van der Waals surface area contributed by atoms with E-state index in [2.05, 4.69) is 0 Å². The summed E-state index contributed by atoms with van der Waals surface area (Å²) in [6, 6.07) is 8.03. The number of benzene rings is 1. The van der Waals surface area contributed by atoms with Crippen LogP contribution < -0.4 is 0 Å². The standard InChI is InChI=1S/C34H42O12/c1-8-24(38)44-21-15-34(41)29(45-30(40)20-12-10-9-11-13-20)27-32(7,22(37)14-23-33(27,16-42-23)46-19(4)36)28(39)26(43-18(3)35)25(17(21)2)31(34,5)6/h9-13,21-23,26-27,29,37,41H,8,14-16H2,1-7H3/t21-,22-,23+,26+,27-,29-,32+,33-,34+/m0/s1. The first-order valence-corrected chi connectivity index (χ1v) is 15.6. The summed E-state index contributed by atoms with van der Waals surface area (Å²) in [6.07, 6.45) is -7.18. The van der Waals surface area contributed by atoms with Crippen LogP contribution in [-0.2, 0) is 42.9 Å². The number of fused-ring (bicyclic) bond motifs is 5. The fraction of sp³-hybridized carbons (Fsp3) is 0.618. The van der Waals surface area contributed by atoms with Crippen LogP contribution >= 0.6 is 0 Å². The number of carbonyl (C=O) groups is 5. The molecule has 0 amide bonds. The van der Waals surface area contributed by atoms with Crippen molar-refractivity contribution in [1.29, 1.82) is 0 Å². The molecule has 0 unspecified atom stereocenters. The SMILES string of the molecule is CCC(=O)O[C@H]1C[C@@]2(O)[C@@H](OC(=O)c3ccccc3)[C@@H]3[C@]4(OC(C)=O)CO[C@@H]4C[C@H](O)[C@@]3(C)C(=O)[C@H](OC(C)=O)C(=C1C)C2(C)C. The molecule has 0 radical (unpaired) electrons. The highest BCUT2D eigenvalue weighted by Gasteiger charge is 2.78. The van der Waals surface area contributed by atoms with E-state index in [0.717, 1.165) is 6.92 Å². The first-order valence-electron chi connectivity index (χ1n) is 15.6. The minimum Gasteiger partial charge on any atom is -0.458 e. The van der Waals surface area contributed by atoms with Crippen LogP contribution in [0.25, 0.3) is 0 Å². The summed E-state index contributed by atoms with van der Waals surface area (Å²) in [5.74, 6) is -5.10. The number of carbonyl (C=O) groups excluding carboxylic acids is 5. The van der Waals surface area contributed by atoms with Gasteiger partial charge in [-0.15, -0.1) is 0 Å². The van der Waals surface area contributed by atoms with Crippen molar-refractivity contribution in [2.45, 2.75) is 109 Å². The topological polar surface area (TPSA) is 172 Å². The van der Waals surface area contributed by atoms with Gasteiger partial charge in [-0.25, -0.2) is 4.79 Å². The lowest BCUT2D eigenvalue weighted by molar-refractivity contribution is -0.346. The van der Waals surface area contributed by atoms with Crippen molar-refractivity contribution in [1.82, 2.24) is 0 Å². The van der Waals surface area contributed by atoms with Crippen LogP contribution in [0.3, 0.4) is 0 Å². The smallest absolute Gasteiger partial charge is 0.338 e. The number of aliphatic hydroxyl groups is 2. The van der Waals surface area contributed by atoms with Crippen LogP contribution in [0.2, 0.25) is 0 Å². The van der Waals surface area contributed by atoms with Crippen LogP contribution in [0.1, 0.15) is 78.1 Å². The Balaban J connectivity index is 1.86. The van der Waals surface area contributed by atoms with E-state index in [0.29, 0.717) is 5.57 Å². The van der Waals surface area contributed by atoms with E-state index in [1.807, 2.05) is 0 Å². The first-order chi connectivity index (χ1) is 21.5. The van der Waals surface area contributed by atoms with Crippen molar-refractivity contribution in [2.24, 2.45) is 16.7 Å². The van der Waals surface area contributed by atoms with Crippen molar-refractivity contribution in [3.8, 4) is 0 Å². The predicted octanol–water partition coefficient (Wildman–Crippen LogP) is 2.61. The van der Waals surface area contributed by atoms with Crippen LogP contribution in [0.5, 0.6) is 0 Å². The van der Waals surface area contributed by atoms with E-state index in [1.54, 1.807) is 45.9 Å². The van der Waals surface area contributed by atoms with Gasteiger partial charge in [-0.3, -0.25) is 19.2 Å².